The van der Waals surface area contributed by atoms with Gasteiger partial charge in [0.1, 0.15) is 11.1 Å². The van der Waals surface area contributed by atoms with E-state index in [1.807, 2.05) is 29.6 Å². The van der Waals surface area contributed by atoms with Gasteiger partial charge in [0.25, 0.3) is 0 Å². The summed E-state index contributed by atoms with van der Waals surface area (Å²) in [5.41, 5.74) is 2.94. The van der Waals surface area contributed by atoms with Gasteiger partial charge in [-0.05, 0) is 35.9 Å². The number of ether oxygens (including phenoxy) is 2. The van der Waals surface area contributed by atoms with Crippen molar-refractivity contribution in [3.8, 4) is 28.8 Å². The number of nitrogens with zero attached hydrogens (tertiary/aromatic N) is 2. The van der Waals surface area contributed by atoms with Gasteiger partial charge in [0.2, 0.25) is 6.79 Å². The molecule has 26 heavy (non-hydrogen) atoms. The molecule has 0 N–H and O–H groups in total. The number of aromatic nitrogens is 1. The van der Waals surface area contributed by atoms with Gasteiger partial charge in [-0.1, -0.05) is 35.3 Å². The fourth-order valence-electron chi connectivity index (χ4n) is 2.53. The molecule has 3 aromatic rings. The number of benzene rings is 2. The van der Waals surface area contributed by atoms with Crippen molar-refractivity contribution in [2.45, 2.75) is 0 Å². The van der Waals surface area contributed by atoms with Crippen LogP contribution in [-0.2, 0) is 0 Å². The Labute approximate surface area is 163 Å². The predicted molar refractivity (Wildman–Crippen MR) is 104 cm³/mol. The Kier molecular flexibility index (Phi) is 4.56. The lowest BCUT2D eigenvalue weighted by atomic mass is 10.1. The Bertz CT molecular complexity index is 1050. The van der Waals surface area contributed by atoms with Crippen LogP contribution < -0.4 is 9.47 Å². The highest BCUT2D eigenvalue weighted by molar-refractivity contribution is 7.11. The summed E-state index contributed by atoms with van der Waals surface area (Å²) >= 11 is 13.5. The standard InChI is InChI=1S/C19H10Cl2N2O2S/c20-14-3-1-12(2-4-14)16-9-26-19(23-16)13(8-22)5-11-6-15(21)18-17(7-11)24-10-25-18/h1-7,9H,10H2/b13-5+. The van der Waals surface area contributed by atoms with Gasteiger partial charge in [-0.15, -0.1) is 11.3 Å². The minimum absolute atomic E-state index is 0.143. The van der Waals surface area contributed by atoms with E-state index >= 15 is 0 Å². The van der Waals surface area contributed by atoms with E-state index in [2.05, 4.69) is 11.1 Å². The maximum Gasteiger partial charge on any atom is 0.231 e. The normalized spacial score (nSPS) is 12.9. The number of thiazole rings is 1. The number of rotatable bonds is 3. The highest BCUT2D eigenvalue weighted by Crippen LogP contribution is 2.40. The quantitative estimate of drug-likeness (QED) is 0.512. The third-order valence-electron chi connectivity index (χ3n) is 3.76. The van der Waals surface area contributed by atoms with Crippen LogP contribution in [-0.4, -0.2) is 11.8 Å². The molecule has 0 saturated carbocycles. The van der Waals surface area contributed by atoms with Crippen molar-refractivity contribution < 1.29 is 9.47 Å². The Morgan fingerprint density at radius 1 is 1.19 bits per heavy atom. The molecule has 1 aromatic heterocycles. The van der Waals surface area contributed by atoms with Crippen LogP contribution in [0.25, 0.3) is 22.9 Å². The number of hydrogen-bond donors (Lipinski definition) is 0. The molecule has 0 bridgehead atoms. The van der Waals surface area contributed by atoms with Gasteiger partial charge in [0.15, 0.2) is 11.5 Å². The Morgan fingerprint density at radius 2 is 2.00 bits per heavy atom. The second-order valence-corrected chi connectivity index (χ2v) is 7.15. The molecule has 128 valence electrons. The Morgan fingerprint density at radius 3 is 2.77 bits per heavy atom. The van der Waals surface area contributed by atoms with Gasteiger partial charge in [-0.25, -0.2) is 4.98 Å². The van der Waals surface area contributed by atoms with Gasteiger partial charge in [-0.3, -0.25) is 0 Å². The fraction of sp³-hybridized carbons (Fsp3) is 0.0526. The van der Waals surface area contributed by atoms with Crippen molar-refractivity contribution >= 4 is 46.2 Å². The van der Waals surface area contributed by atoms with Gasteiger partial charge >= 0.3 is 0 Å². The molecule has 0 amide bonds. The van der Waals surface area contributed by atoms with Crippen molar-refractivity contribution in [3.05, 3.63) is 62.4 Å². The van der Waals surface area contributed by atoms with Crippen molar-refractivity contribution in [1.82, 2.24) is 4.98 Å². The summed E-state index contributed by atoms with van der Waals surface area (Å²) in [5.74, 6) is 1.10. The first-order valence-electron chi connectivity index (χ1n) is 7.57. The zero-order chi connectivity index (χ0) is 18.1. The summed E-state index contributed by atoms with van der Waals surface area (Å²) in [6.07, 6.45) is 1.73. The lowest BCUT2D eigenvalue weighted by molar-refractivity contribution is 0.174. The van der Waals surface area contributed by atoms with Gasteiger partial charge in [0, 0.05) is 16.0 Å². The first-order chi connectivity index (χ1) is 12.6. The zero-order valence-electron chi connectivity index (χ0n) is 13.2. The SMILES string of the molecule is N#C/C(=C\c1cc(Cl)c2c(c1)OCO2)c1nc(-c2ccc(Cl)cc2)cs1. The molecule has 0 aliphatic carbocycles. The van der Waals surface area contributed by atoms with Crippen LogP contribution >= 0.6 is 34.5 Å². The van der Waals surface area contributed by atoms with Crippen LogP contribution in [0, 0.1) is 11.3 Å². The van der Waals surface area contributed by atoms with E-state index in [1.54, 1.807) is 18.2 Å². The number of hydrogen-bond acceptors (Lipinski definition) is 5. The van der Waals surface area contributed by atoms with Crippen LogP contribution in [0.2, 0.25) is 10.0 Å². The molecule has 7 heteroatoms. The van der Waals surface area contributed by atoms with Crippen LogP contribution in [0.5, 0.6) is 11.5 Å². The van der Waals surface area contributed by atoms with Gasteiger partial charge in [-0.2, -0.15) is 5.26 Å². The van der Waals surface area contributed by atoms with E-state index in [9.17, 15) is 5.26 Å². The largest absolute Gasteiger partial charge is 0.454 e. The first-order valence-corrected chi connectivity index (χ1v) is 9.20. The average molecular weight is 401 g/mol. The molecule has 0 atom stereocenters. The smallest absolute Gasteiger partial charge is 0.231 e. The first kappa shape index (κ1) is 16.9. The third kappa shape index (κ3) is 3.27. The van der Waals surface area contributed by atoms with Crippen molar-refractivity contribution in [2.75, 3.05) is 6.79 Å². The molecule has 4 rings (SSSR count). The Balaban J connectivity index is 1.68. The number of fused-ring (bicyclic) bond motifs is 1. The molecule has 2 heterocycles. The lowest BCUT2D eigenvalue weighted by Crippen LogP contribution is -1.93. The maximum atomic E-state index is 9.56. The number of halogens is 2. The summed E-state index contributed by atoms with van der Waals surface area (Å²) in [7, 11) is 0. The molecule has 1 aliphatic heterocycles. The summed E-state index contributed by atoms with van der Waals surface area (Å²) in [5, 5.41) is 13.2. The molecule has 0 spiro atoms. The van der Waals surface area contributed by atoms with E-state index in [0.717, 1.165) is 16.8 Å². The van der Waals surface area contributed by atoms with Crippen molar-refractivity contribution in [1.29, 1.82) is 5.26 Å². The predicted octanol–water partition coefficient (Wildman–Crippen LogP) is 5.91. The molecule has 0 unspecified atom stereocenters. The van der Waals surface area contributed by atoms with Gasteiger partial charge in [0.05, 0.1) is 16.3 Å². The monoisotopic (exact) mass is 400 g/mol. The summed E-state index contributed by atoms with van der Waals surface area (Å²) in [4.78, 5) is 4.57. The number of allylic oxidation sites excluding steroid dienone is 1. The number of nitriles is 1. The lowest BCUT2D eigenvalue weighted by Gasteiger charge is -2.02. The van der Waals surface area contributed by atoms with Crippen LogP contribution in [0.3, 0.4) is 0 Å². The maximum absolute atomic E-state index is 9.56. The topological polar surface area (TPSA) is 55.1 Å². The summed E-state index contributed by atoms with van der Waals surface area (Å²) in [6, 6.07) is 13.1. The van der Waals surface area contributed by atoms with Crippen molar-refractivity contribution in [2.24, 2.45) is 0 Å². The van der Waals surface area contributed by atoms with Crippen molar-refractivity contribution in [3.63, 3.8) is 0 Å². The van der Waals surface area contributed by atoms with Crippen LogP contribution in [0.4, 0.5) is 0 Å². The average Bonchev–Trinajstić information content (AvgIpc) is 3.30. The third-order valence-corrected chi connectivity index (χ3v) is 5.16. The fourth-order valence-corrected chi connectivity index (χ4v) is 3.72. The van der Waals surface area contributed by atoms with Crippen LogP contribution in [0.1, 0.15) is 10.6 Å². The van der Waals surface area contributed by atoms with E-state index in [4.69, 9.17) is 32.7 Å². The molecule has 0 saturated heterocycles. The van der Waals surface area contributed by atoms with E-state index in [1.165, 1.54) is 11.3 Å². The highest BCUT2D eigenvalue weighted by atomic mass is 35.5. The zero-order valence-corrected chi connectivity index (χ0v) is 15.5. The van der Waals surface area contributed by atoms with Crippen LogP contribution in [0.15, 0.2) is 41.8 Å². The second kappa shape index (κ2) is 7.00. The minimum Gasteiger partial charge on any atom is -0.454 e. The van der Waals surface area contributed by atoms with E-state index < -0.39 is 0 Å². The second-order valence-electron chi connectivity index (χ2n) is 5.45. The summed E-state index contributed by atoms with van der Waals surface area (Å²) < 4.78 is 10.7. The van der Waals surface area contributed by atoms with E-state index in [0.29, 0.717) is 32.1 Å². The minimum atomic E-state index is 0.143. The molecular formula is C19H10Cl2N2O2S. The molecule has 0 radical (unpaired) electrons. The van der Waals surface area contributed by atoms with E-state index in [-0.39, 0.29) is 6.79 Å². The molecular weight excluding hydrogens is 391 g/mol. The molecule has 2 aromatic carbocycles. The molecule has 1 aliphatic rings. The van der Waals surface area contributed by atoms with Gasteiger partial charge < -0.3 is 9.47 Å². The summed E-state index contributed by atoms with van der Waals surface area (Å²) in [6.45, 7) is 0.143. The highest BCUT2D eigenvalue weighted by Gasteiger charge is 2.18. The molecule has 0 fully saturated rings. The molecule has 4 nitrogen and oxygen atoms in total. The Hall–Kier alpha value is -2.52.